The van der Waals surface area contributed by atoms with Gasteiger partial charge in [0.1, 0.15) is 10.6 Å². The van der Waals surface area contributed by atoms with Crippen LogP contribution in [0.2, 0.25) is 5.02 Å². The molecule has 0 bridgehead atoms. The summed E-state index contributed by atoms with van der Waals surface area (Å²) >= 11 is 5.99. The number of pyridine rings is 1. The minimum Gasteiger partial charge on any atom is -0.462 e. The molecule has 11 heteroatoms. The standard InChI is InChI=1S/C20H18ClF3N4O3/c1-5-31-18(30)10-8-28(15-9(16(10)29)6-11(22)14(24)13(15)21)19-25-7-12(23)17(26-19)27-20(2,3)4/h6-8H,5H2,1-4H3,(H,25,26,27). The molecular formula is C20H18ClF3N4O3. The molecule has 0 fully saturated rings. The van der Waals surface area contributed by atoms with Crippen molar-refractivity contribution < 1.29 is 22.7 Å². The summed E-state index contributed by atoms with van der Waals surface area (Å²) in [5, 5.41) is 1.73. The van der Waals surface area contributed by atoms with Gasteiger partial charge in [0, 0.05) is 11.7 Å². The van der Waals surface area contributed by atoms with Crippen LogP contribution in [0.4, 0.5) is 19.0 Å². The van der Waals surface area contributed by atoms with Gasteiger partial charge >= 0.3 is 5.97 Å². The van der Waals surface area contributed by atoms with Crippen LogP contribution in [0, 0.1) is 17.5 Å². The number of ether oxygens (including phenoxy) is 1. The Hall–Kier alpha value is -3.14. The molecule has 0 spiro atoms. The topological polar surface area (TPSA) is 86.1 Å². The first kappa shape index (κ1) is 22.5. The molecule has 164 valence electrons. The van der Waals surface area contributed by atoms with Gasteiger partial charge in [0.25, 0.3) is 0 Å². The van der Waals surface area contributed by atoms with Gasteiger partial charge < -0.3 is 10.1 Å². The van der Waals surface area contributed by atoms with Gasteiger partial charge in [-0.2, -0.15) is 4.98 Å². The molecule has 0 saturated heterocycles. The van der Waals surface area contributed by atoms with Crippen LogP contribution in [-0.2, 0) is 4.74 Å². The number of carbonyl (C=O) groups is 1. The number of hydrogen-bond acceptors (Lipinski definition) is 6. The highest BCUT2D eigenvalue weighted by Crippen LogP contribution is 2.29. The second-order valence-corrected chi connectivity index (χ2v) is 7.96. The zero-order chi connectivity index (χ0) is 23.1. The number of nitrogens with one attached hydrogen (secondary N) is 1. The summed E-state index contributed by atoms with van der Waals surface area (Å²) < 4.78 is 48.3. The molecule has 0 amide bonds. The number of esters is 1. The smallest absolute Gasteiger partial charge is 0.343 e. The van der Waals surface area contributed by atoms with Crippen molar-refractivity contribution in [3.8, 4) is 5.95 Å². The first-order chi connectivity index (χ1) is 14.4. The van der Waals surface area contributed by atoms with Crippen LogP contribution in [0.25, 0.3) is 16.9 Å². The maximum Gasteiger partial charge on any atom is 0.343 e. The van der Waals surface area contributed by atoms with Crippen molar-refractivity contribution in [1.29, 1.82) is 0 Å². The van der Waals surface area contributed by atoms with E-state index in [1.54, 1.807) is 20.8 Å². The van der Waals surface area contributed by atoms with Gasteiger partial charge in [-0.1, -0.05) is 11.6 Å². The zero-order valence-electron chi connectivity index (χ0n) is 17.0. The van der Waals surface area contributed by atoms with E-state index in [1.807, 2.05) is 0 Å². The molecule has 3 aromatic rings. The molecule has 0 atom stereocenters. The molecule has 0 radical (unpaired) electrons. The molecule has 1 aromatic carbocycles. The Labute approximate surface area is 179 Å². The molecule has 1 N–H and O–H groups in total. The number of anilines is 1. The lowest BCUT2D eigenvalue weighted by Gasteiger charge is -2.22. The molecule has 0 aliphatic heterocycles. The molecule has 0 aliphatic rings. The SMILES string of the molecule is CCOC(=O)c1cn(-c2ncc(F)c(NC(C)(C)C)n2)c2c(Cl)c(F)c(F)cc2c1=O. The van der Waals surface area contributed by atoms with Crippen LogP contribution in [0.1, 0.15) is 38.1 Å². The Kier molecular flexibility index (Phi) is 5.95. The number of fused-ring (bicyclic) bond motifs is 1. The fourth-order valence-corrected chi connectivity index (χ4v) is 3.10. The summed E-state index contributed by atoms with van der Waals surface area (Å²) in [4.78, 5) is 33.0. The van der Waals surface area contributed by atoms with Crippen molar-refractivity contribution in [2.75, 3.05) is 11.9 Å². The van der Waals surface area contributed by atoms with E-state index >= 15 is 0 Å². The lowest BCUT2D eigenvalue weighted by molar-refractivity contribution is 0.0524. The summed E-state index contributed by atoms with van der Waals surface area (Å²) in [6.07, 6.45) is 1.86. The first-order valence-corrected chi connectivity index (χ1v) is 9.53. The summed E-state index contributed by atoms with van der Waals surface area (Å²) in [5.41, 5.74) is -2.25. The summed E-state index contributed by atoms with van der Waals surface area (Å²) in [6.45, 7) is 6.84. The number of benzene rings is 1. The molecular weight excluding hydrogens is 437 g/mol. The number of aromatic nitrogens is 3. The van der Waals surface area contributed by atoms with Crippen LogP contribution in [0.15, 0.2) is 23.3 Å². The van der Waals surface area contributed by atoms with Crippen LogP contribution in [-0.4, -0.2) is 32.7 Å². The summed E-state index contributed by atoms with van der Waals surface area (Å²) in [6, 6.07) is 0.621. The number of carbonyl (C=O) groups excluding carboxylic acids is 1. The number of halogens is 4. The first-order valence-electron chi connectivity index (χ1n) is 9.15. The quantitative estimate of drug-likeness (QED) is 0.469. The van der Waals surface area contributed by atoms with Crippen molar-refractivity contribution >= 4 is 34.3 Å². The fraction of sp³-hybridized carbons (Fsp3) is 0.300. The second-order valence-electron chi connectivity index (χ2n) is 7.59. The van der Waals surface area contributed by atoms with Crippen molar-refractivity contribution in [2.45, 2.75) is 33.2 Å². The van der Waals surface area contributed by atoms with Crippen molar-refractivity contribution in [3.05, 3.63) is 56.7 Å². The summed E-state index contributed by atoms with van der Waals surface area (Å²) in [5.74, 6) is -4.95. The van der Waals surface area contributed by atoms with Crippen LogP contribution in [0.5, 0.6) is 0 Å². The third kappa shape index (κ3) is 4.34. The van der Waals surface area contributed by atoms with Crippen LogP contribution < -0.4 is 10.7 Å². The van der Waals surface area contributed by atoms with E-state index in [0.717, 1.165) is 17.0 Å². The monoisotopic (exact) mass is 454 g/mol. The predicted octanol–water partition coefficient (Wildman–Crippen LogP) is 4.24. The van der Waals surface area contributed by atoms with Gasteiger partial charge in [-0.25, -0.2) is 22.9 Å². The number of rotatable bonds is 4. The molecule has 2 heterocycles. The van der Waals surface area contributed by atoms with Crippen molar-refractivity contribution in [2.24, 2.45) is 0 Å². The predicted molar refractivity (Wildman–Crippen MR) is 109 cm³/mol. The summed E-state index contributed by atoms with van der Waals surface area (Å²) in [7, 11) is 0. The van der Waals surface area contributed by atoms with Crippen LogP contribution >= 0.6 is 11.6 Å². The Morgan fingerprint density at radius 3 is 2.55 bits per heavy atom. The van der Waals surface area contributed by atoms with Crippen molar-refractivity contribution in [1.82, 2.24) is 14.5 Å². The van der Waals surface area contributed by atoms with Crippen LogP contribution in [0.3, 0.4) is 0 Å². The van der Waals surface area contributed by atoms with E-state index in [1.165, 1.54) is 6.92 Å². The van der Waals surface area contributed by atoms with E-state index in [2.05, 4.69) is 15.3 Å². The molecule has 0 saturated carbocycles. The highest BCUT2D eigenvalue weighted by Gasteiger charge is 2.24. The zero-order valence-corrected chi connectivity index (χ0v) is 17.8. The Balaban J connectivity index is 2.40. The molecule has 2 aromatic heterocycles. The maximum atomic E-state index is 14.2. The molecule has 3 rings (SSSR count). The van der Waals surface area contributed by atoms with Gasteiger partial charge in [-0.05, 0) is 33.8 Å². The molecule has 0 aliphatic carbocycles. The number of hydrogen-bond donors (Lipinski definition) is 1. The molecule has 7 nitrogen and oxygen atoms in total. The highest BCUT2D eigenvalue weighted by molar-refractivity contribution is 6.35. The van der Waals surface area contributed by atoms with Gasteiger partial charge in [-0.15, -0.1) is 0 Å². The van der Waals surface area contributed by atoms with Gasteiger partial charge in [0.05, 0.1) is 23.7 Å². The minimum atomic E-state index is -1.40. The van der Waals surface area contributed by atoms with Crippen molar-refractivity contribution in [3.63, 3.8) is 0 Å². The fourth-order valence-electron chi connectivity index (χ4n) is 2.82. The highest BCUT2D eigenvalue weighted by atomic mass is 35.5. The lowest BCUT2D eigenvalue weighted by Crippen LogP contribution is -2.28. The van der Waals surface area contributed by atoms with E-state index in [0.29, 0.717) is 6.07 Å². The number of nitrogens with zero attached hydrogens (tertiary/aromatic N) is 3. The van der Waals surface area contributed by atoms with E-state index in [4.69, 9.17) is 16.3 Å². The average Bonchev–Trinajstić information content (AvgIpc) is 2.68. The third-order valence-corrected chi connectivity index (χ3v) is 4.41. The van der Waals surface area contributed by atoms with E-state index in [-0.39, 0.29) is 23.9 Å². The maximum absolute atomic E-state index is 14.2. The van der Waals surface area contributed by atoms with E-state index in [9.17, 15) is 22.8 Å². The minimum absolute atomic E-state index is 0.0262. The average molecular weight is 455 g/mol. The normalized spacial score (nSPS) is 11.6. The molecule has 0 unspecified atom stereocenters. The Bertz CT molecular complexity index is 1260. The van der Waals surface area contributed by atoms with E-state index < -0.39 is 50.4 Å². The Morgan fingerprint density at radius 2 is 1.94 bits per heavy atom. The van der Waals surface area contributed by atoms with Gasteiger partial charge in [0.2, 0.25) is 11.4 Å². The van der Waals surface area contributed by atoms with Gasteiger partial charge in [-0.3, -0.25) is 9.36 Å². The lowest BCUT2D eigenvalue weighted by atomic mass is 10.1. The third-order valence-electron chi connectivity index (χ3n) is 4.06. The molecule has 31 heavy (non-hydrogen) atoms. The second kappa shape index (κ2) is 8.18. The van der Waals surface area contributed by atoms with Gasteiger partial charge in [0.15, 0.2) is 23.3 Å². The largest absolute Gasteiger partial charge is 0.462 e. The Morgan fingerprint density at radius 1 is 1.26 bits per heavy atom.